The van der Waals surface area contributed by atoms with Gasteiger partial charge in [-0.15, -0.1) is 11.3 Å². The van der Waals surface area contributed by atoms with Crippen LogP contribution >= 0.6 is 22.9 Å². The maximum atomic E-state index is 12.2. The van der Waals surface area contributed by atoms with Gasteiger partial charge < -0.3 is 9.72 Å². The fourth-order valence-electron chi connectivity index (χ4n) is 2.72. The van der Waals surface area contributed by atoms with E-state index in [2.05, 4.69) is 4.98 Å². The van der Waals surface area contributed by atoms with Crippen LogP contribution in [0.15, 0.2) is 12.1 Å². The smallest absolute Gasteiger partial charge is 0.355 e. The van der Waals surface area contributed by atoms with Crippen LogP contribution in [0.5, 0.6) is 0 Å². The van der Waals surface area contributed by atoms with E-state index >= 15 is 0 Å². The number of aromatic nitrogens is 1. The van der Waals surface area contributed by atoms with E-state index in [-0.39, 0.29) is 23.9 Å². The number of aryl methyl sites for hydroxylation is 1. The summed E-state index contributed by atoms with van der Waals surface area (Å²) in [4.78, 5) is 39.5. The Labute approximate surface area is 141 Å². The van der Waals surface area contributed by atoms with E-state index in [0.29, 0.717) is 26.8 Å². The number of hydrogen-bond donors (Lipinski definition) is 1. The Morgan fingerprint density at radius 1 is 1.35 bits per heavy atom. The third kappa shape index (κ3) is 3.09. The predicted octanol–water partition coefficient (Wildman–Crippen LogP) is 3.60. The van der Waals surface area contributed by atoms with Crippen LogP contribution in [0.25, 0.3) is 0 Å². The number of H-pyrrole nitrogens is 1. The number of Topliss-reactive ketones (excluding diaryl/α,β-unsaturated/α-hetero) is 2. The van der Waals surface area contributed by atoms with Crippen molar-refractivity contribution in [1.29, 1.82) is 0 Å². The van der Waals surface area contributed by atoms with Crippen molar-refractivity contribution in [2.45, 2.75) is 26.2 Å². The van der Waals surface area contributed by atoms with Gasteiger partial charge in [-0.05, 0) is 37.5 Å². The van der Waals surface area contributed by atoms with E-state index in [4.69, 9.17) is 16.3 Å². The van der Waals surface area contributed by atoms with Gasteiger partial charge in [0.05, 0.1) is 9.21 Å². The number of carbonyl (C=O) groups is 3. The number of halogens is 1. The first-order chi connectivity index (χ1) is 11.0. The number of ketones is 2. The molecule has 0 spiro atoms. The molecule has 0 fully saturated rings. The maximum absolute atomic E-state index is 12.2. The molecular weight excluding hydrogens is 338 g/mol. The topological polar surface area (TPSA) is 76.2 Å². The van der Waals surface area contributed by atoms with E-state index in [9.17, 15) is 14.4 Å². The van der Waals surface area contributed by atoms with Crippen LogP contribution in [-0.4, -0.2) is 29.1 Å². The third-order valence-electron chi connectivity index (χ3n) is 3.82. The summed E-state index contributed by atoms with van der Waals surface area (Å²) >= 11 is 6.92. The quantitative estimate of drug-likeness (QED) is 0.674. The minimum absolute atomic E-state index is 0.0448. The van der Waals surface area contributed by atoms with E-state index in [1.165, 1.54) is 0 Å². The lowest BCUT2D eigenvalue weighted by Crippen LogP contribution is -2.14. The van der Waals surface area contributed by atoms with Crippen LogP contribution in [0, 0.1) is 6.92 Å². The van der Waals surface area contributed by atoms with Gasteiger partial charge in [0.25, 0.3) is 0 Å². The van der Waals surface area contributed by atoms with Crippen LogP contribution < -0.4 is 0 Å². The molecule has 120 valence electrons. The molecule has 23 heavy (non-hydrogen) atoms. The zero-order valence-corrected chi connectivity index (χ0v) is 14.0. The molecule has 2 aromatic heterocycles. The number of rotatable bonds is 4. The highest BCUT2D eigenvalue weighted by Gasteiger charge is 2.27. The highest BCUT2D eigenvalue weighted by molar-refractivity contribution is 7.18. The van der Waals surface area contributed by atoms with Gasteiger partial charge in [0.15, 0.2) is 12.4 Å². The fraction of sp³-hybridized carbons (Fsp3) is 0.312. The number of aromatic amines is 1. The lowest BCUT2D eigenvalue weighted by molar-refractivity contribution is 0.0469. The maximum Gasteiger partial charge on any atom is 0.355 e. The molecule has 0 aliphatic heterocycles. The molecule has 5 nitrogen and oxygen atoms in total. The average molecular weight is 352 g/mol. The van der Waals surface area contributed by atoms with Crippen molar-refractivity contribution < 1.29 is 19.1 Å². The SMILES string of the molecule is Cc1c(C(=O)OCC(=O)c2ccc(Cl)s2)[nH]c2c1C(=O)CCC2. The molecule has 0 saturated carbocycles. The first-order valence-electron chi connectivity index (χ1n) is 7.17. The van der Waals surface area contributed by atoms with Gasteiger partial charge in [-0.2, -0.15) is 0 Å². The summed E-state index contributed by atoms with van der Waals surface area (Å²) in [7, 11) is 0. The van der Waals surface area contributed by atoms with Gasteiger partial charge in [0, 0.05) is 17.7 Å². The van der Waals surface area contributed by atoms with Crippen molar-refractivity contribution >= 4 is 40.5 Å². The highest BCUT2D eigenvalue weighted by Crippen LogP contribution is 2.27. The predicted molar refractivity (Wildman–Crippen MR) is 86.7 cm³/mol. The highest BCUT2D eigenvalue weighted by atomic mass is 35.5. The van der Waals surface area contributed by atoms with Crippen LogP contribution in [0.1, 0.15) is 54.6 Å². The van der Waals surface area contributed by atoms with E-state index in [1.807, 2.05) is 0 Å². The molecule has 1 aliphatic rings. The number of hydrogen-bond acceptors (Lipinski definition) is 5. The molecule has 7 heteroatoms. The van der Waals surface area contributed by atoms with Crippen molar-refractivity contribution in [3.8, 4) is 0 Å². The summed E-state index contributed by atoms with van der Waals surface area (Å²) in [5.41, 5.74) is 2.23. The lowest BCUT2D eigenvalue weighted by Gasteiger charge is -2.09. The van der Waals surface area contributed by atoms with E-state index < -0.39 is 5.97 Å². The Hall–Kier alpha value is -1.92. The second kappa shape index (κ2) is 6.29. The van der Waals surface area contributed by atoms with Gasteiger partial charge in [-0.1, -0.05) is 11.6 Å². The minimum Gasteiger partial charge on any atom is -0.453 e. The Kier molecular flexibility index (Phi) is 4.37. The summed E-state index contributed by atoms with van der Waals surface area (Å²) in [5.74, 6) is -0.885. The molecule has 1 N–H and O–H groups in total. The fourth-order valence-corrected chi connectivity index (χ4v) is 3.68. The zero-order valence-electron chi connectivity index (χ0n) is 12.4. The molecule has 2 heterocycles. The Morgan fingerprint density at radius 2 is 2.13 bits per heavy atom. The normalized spacial score (nSPS) is 13.7. The Bertz CT molecular complexity index is 805. The Morgan fingerprint density at radius 3 is 2.78 bits per heavy atom. The molecule has 0 amide bonds. The molecule has 0 unspecified atom stereocenters. The van der Waals surface area contributed by atoms with Gasteiger partial charge in [-0.3, -0.25) is 9.59 Å². The molecule has 2 aromatic rings. The van der Waals surface area contributed by atoms with Crippen molar-refractivity contribution in [3.63, 3.8) is 0 Å². The van der Waals surface area contributed by atoms with Crippen LogP contribution in [0.3, 0.4) is 0 Å². The van der Waals surface area contributed by atoms with Crippen molar-refractivity contribution in [3.05, 3.63) is 43.9 Å². The number of ether oxygens (including phenoxy) is 1. The largest absolute Gasteiger partial charge is 0.453 e. The van der Waals surface area contributed by atoms with Crippen molar-refractivity contribution in [2.75, 3.05) is 6.61 Å². The first kappa shape index (κ1) is 16.0. The van der Waals surface area contributed by atoms with Crippen molar-refractivity contribution in [1.82, 2.24) is 4.98 Å². The van der Waals surface area contributed by atoms with E-state index in [1.54, 1.807) is 19.1 Å². The molecule has 0 aromatic carbocycles. The minimum atomic E-state index is -0.624. The second-order valence-electron chi connectivity index (χ2n) is 5.36. The number of carbonyl (C=O) groups excluding carboxylic acids is 3. The summed E-state index contributed by atoms with van der Waals surface area (Å²) < 4.78 is 5.59. The molecule has 1 aliphatic carbocycles. The lowest BCUT2D eigenvalue weighted by atomic mass is 9.94. The monoisotopic (exact) mass is 351 g/mol. The average Bonchev–Trinajstić information content (AvgIpc) is 3.09. The summed E-state index contributed by atoms with van der Waals surface area (Å²) in [6, 6.07) is 3.22. The van der Waals surface area contributed by atoms with Crippen LogP contribution in [-0.2, 0) is 11.2 Å². The summed E-state index contributed by atoms with van der Waals surface area (Å²) in [6.07, 6.45) is 2.01. The van der Waals surface area contributed by atoms with Gasteiger partial charge >= 0.3 is 5.97 Å². The molecular formula is C16H14ClNO4S. The molecule has 0 radical (unpaired) electrons. The number of esters is 1. The Balaban J connectivity index is 1.72. The number of nitrogens with one attached hydrogen (secondary N) is 1. The molecule has 0 bridgehead atoms. The van der Waals surface area contributed by atoms with Gasteiger partial charge in [0.2, 0.25) is 5.78 Å². The summed E-state index contributed by atoms with van der Waals surface area (Å²) in [5, 5.41) is 0. The summed E-state index contributed by atoms with van der Waals surface area (Å²) in [6.45, 7) is 1.36. The number of thiophene rings is 1. The molecule has 3 rings (SSSR count). The molecule has 0 saturated heterocycles. The van der Waals surface area contributed by atoms with Crippen molar-refractivity contribution in [2.24, 2.45) is 0 Å². The number of fused-ring (bicyclic) bond motifs is 1. The zero-order chi connectivity index (χ0) is 16.6. The third-order valence-corrected chi connectivity index (χ3v) is 5.10. The second-order valence-corrected chi connectivity index (χ2v) is 7.07. The van der Waals surface area contributed by atoms with Gasteiger partial charge in [0.1, 0.15) is 5.69 Å². The van der Waals surface area contributed by atoms with Crippen LogP contribution in [0.4, 0.5) is 0 Å². The standard InChI is InChI=1S/C16H14ClNO4S/c1-8-14-9(3-2-4-10(14)19)18-15(8)16(21)22-7-11(20)12-5-6-13(17)23-12/h5-6,18H,2-4,7H2,1H3. The van der Waals surface area contributed by atoms with Crippen LogP contribution in [0.2, 0.25) is 4.34 Å². The van der Waals surface area contributed by atoms with E-state index in [0.717, 1.165) is 29.9 Å². The van der Waals surface area contributed by atoms with Gasteiger partial charge in [-0.25, -0.2) is 4.79 Å². The first-order valence-corrected chi connectivity index (χ1v) is 8.37. The molecule has 0 atom stereocenters.